The van der Waals surface area contributed by atoms with E-state index in [1.807, 2.05) is 71.0 Å². The normalized spacial score (nSPS) is 19.7. The van der Waals surface area contributed by atoms with Crippen molar-refractivity contribution in [3.8, 4) is 5.75 Å². The van der Waals surface area contributed by atoms with Crippen LogP contribution in [0.5, 0.6) is 5.75 Å². The first kappa shape index (κ1) is 31.1. The Bertz CT molecular complexity index is 1180. The molecule has 1 fully saturated rings. The van der Waals surface area contributed by atoms with E-state index in [2.05, 4.69) is 5.32 Å². The van der Waals surface area contributed by atoms with Crippen molar-refractivity contribution in [1.29, 1.82) is 0 Å². The summed E-state index contributed by atoms with van der Waals surface area (Å²) in [5, 5.41) is 12.8. The third-order valence-electron chi connectivity index (χ3n) is 7.57. The van der Waals surface area contributed by atoms with E-state index in [1.165, 1.54) is 6.92 Å². The molecule has 0 radical (unpaired) electrons. The van der Waals surface area contributed by atoms with Crippen LogP contribution in [-0.2, 0) is 14.3 Å². The molecule has 0 bridgehead atoms. The zero-order valence-corrected chi connectivity index (χ0v) is 24.4. The lowest BCUT2D eigenvalue weighted by Gasteiger charge is -2.45. The van der Waals surface area contributed by atoms with Gasteiger partial charge in [-0.3, -0.25) is 4.79 Å². The monoisotopic (exact) mass is 554 g/mol. The van der Waals surface area contributed by atoms with E-state index in [4.69, 9.17) is 14.2 Å². The minimum Gasteiger partial charge on any atom is -0.493 e. The molecule has 2 aromatic rings. The van der Waals surface area contributed by atoms with Crippen LogP contribution in [0.4, 0.5) is 4.79 Å². The quantitative estimate of drug-likeness (QED) is 0.298. The minimum absolute atomic E-state index is 0.110. The fourth-order valence-corrected chi connectivity index (χ4v) is 5.23. The van der Waals surface area contributed by atoms with Crippen molar-refractivity contribution in [1.82, 2.24) is 10.2 Å². The number of ether oxygens (including phenoxy) is 3. The fourth-order valence-electron chi connectivity index (χ4n) is 5.23. The summed E-state index contributed by atoms with van der Waals surface area (Å²) < 4.78 is 17.5. The Morgan fingerprint density at radius 2 is 1.75 bits per heavy atom. The number of nitrogens with zero attached hydrogens (tertiary/aromatic N) is 1. The molecule has 1 saturated carbocycles. The molecule has 0 heterocycles. The number of ketones is 1. The van der Waals surface area contributed by atoms with Gasteiger partial charge in [-0.1, -0.05) is 36.4 Å². The third-order valence-corrected chi connectivity index (χ3v) is 7.57. The van der Waals surface area contributed by atoms with Gasteiger partial charge in [-0.15, -0.1) is 0 Å². The molecule has 1 aliphatic rings. The molecule has 0 spiro atoms. The van der Waals surface area contributed by atoms with Gasteiger partial charge in [-0.2, -0.15) is 0 Å². The van der Waals surface area contributed by atoms with Gasteiger partial charge in [0.1, 0.15) is 11.3 Å². The smallest absolute Gasteiger partial charge is 0.329 e. The second kappa shape index (κ2) is 13.8. The highest BCUT2D eigenvalue weighted by molar-refractivity contribution is 5.97. The van der Waals surface area contributed by atoms with Gasteiger partial charge in [0.2, 0.25) is 0 Å². The molecule has 2 N–H and O–H groups in total. The first-order valence-corrected chi connectivity index (χ1v) is 13.9. The fraction of sp³-hybridized carbons (Fsp3) is 0.516. The Hall–Kier alpha value is -3.43. The van der Waals surface area contributed by atoms with Gasteiger partial charge in [0, 0.05) is 26.0 Å². The zero-order chi connectivity index (χ0) is 29.4. The number of aliphatic carboxylic acids is 1. The van der Waals surface area contributed by atoms with E-state index in [-0.39, 0.29) is 44.0 Å². The molecular formula is C31H42N2O7. The van der Waals surface area contributed by atoms with Crippen LogP contribution in [-0.4, -0.2) is 65.8 Å². The van der Waals surface area contributed by atoms with E-state index < -0.39 is 23.6 Å². The van der Waals surface area contributed by atoms with Crippen molar-refractivity contribution in [2.24, 2.45) is 0 Å². The summed E-state index contributed by atoms with van der Waals surface area (Å²) in [5.41, 5.74) is 1.66. The number of hydrogen-bond acceptors (Lipinski definition) is 6. The van der Waals surface area contributed by atoms with Crippen LogP contribution in [0, 0.1) is 6.92 Å². The second-order valence-electron chi connectivity index (χ2n) is 10.2. The van der Waals surface area contributed by atoms with Crippen LogP contribution >= 0.6 is 0 Å². The van der Waals surface area contributed by atoms with Crippen molar-refractivity contribution in [3.05, 3.63) is 64.7 Å². The molecule has 2 atom stereocenters. The number of Topliss-reactive ketones (excluding diaryl/α,β-unsaturated/α-hetero) is 1. The van der Waals surface area contributed by atoms with Gasteiger partial charge in [0.05, 0.1) is 37.0 Å². The summed E-state index contributed by atoms with van der Waals surface area (Å²) >= 11 is 0. The average molecular weight is 555 g/mol. The van der Waals surface area contributed by atoms with Crippen molar-refractivity contribution >= 4 is 17.8 Å². The van der Waals surface area contributed by atoms with Crippen molar-refractivity contribution in [2.75, 3.05) is 26.4 Å². The first-order chi connectivity index (χ1) is 19.0. The van der Waals surface area contributed by atoms with Gasteiger partial charge in [0.15, 0.2) is 5.78 Å². The molecule has 9 heteroatoms. The van der Waals surface area contributed by atoms with Crippen molar-refractivity contribution in [3.63, 3.8) is 0 Å². The van der Waals surface area contributed by atoms with Gasteiger partial charge in [0.25, 0.3) is 0 Å². The summed E-state index contributed by atoms with van der Waals surface area (Å²) in [6, 6.07) is 12.4. The summed E-state index contributed by atoms with van der Waals surface area (Å²) in [6.45, 7) is 12.2. The van der Waals surface area contributed by atoms with Crippen LogP contribution in [0.3, 0.4) is 0 Å². The van der Waals surface area contributed by atoms with E-state index in [0.717, 1.165) is 16.7 Å². The Morgan fingerprint density at radius 3 is 2.33 bits per heavy atom. The Morgan fingerprint density at radius 1 is 1.07 bits per heavy atom. The summed E-state index contributed by atoms with van der Waals surface area (Å²) in [4.78, 5) is 39.8. The van der Waals surface area contributed by atoms with Crippen molar-refractivity contribution in [2.45, 2.75) is 78.2 Å². The highest BCUT2D eigenvalue weighted by atomic mass is 16.5. The summed E-state index contributed by atoms with van der Waals surface area (Å²) in [5.74, 6) is -0.700. The number of benzene rings is 2. The second-order valence-corrected chi connectivity index (χ2v) is 10.2. The van der Waals surface area contributed by atoms with Gasteiger partial charge < -0.3 is 29.5 Å². The highest BCUT2D eigenvalue weighted by Crippen LogP contribution is 2.37. The van der Waals surface area contributed by atoms with Gasteiger partial charge in [-0.05, 0) is 64.3 Å². The molecule has 0 unspecified atom stereocenters. The molecule has 0 saturated heterocycles. The van der Waals surface area contributed by atoms with E-state index >= 15 is 0 Å². The number of carboxylic acids is 1. The third kappa shape index (κ3) is 7.01. The van der Waals surface area contributed by atoms with E-state index in [9.17, 15) is 19.5 Å². The van der Waals surface area contributed by atoms with E-state index in [0.29, 0.717) is 24.5 Å². The number of nitrogens with one attached hydrogen (secondary N) is 1. The highest BCUT2D eigenvalue weighted by Gasteiger charge is 2.53. The summed E-state index contributed by atoms with van der Waals surface area (Å²) in [6.07, 6.45) is 0.00267. The summed E-state index contributed by atoms with van der Waals surface area (Å²) in [7, 11) is 0. The lowest BCUT2D eigenvalue weighted by Crippen LogP contribution is -2.66. The minimum atomic E-state index is -1.39. The van der Waals surface area contributed by atoms with Crippen LogP contribution < -0.4 is 10.1 Å². The first-order valence-electron chi connectivity index (χ1n) is 13.9. The topological polar surface area (TPSA) is 114 Å². The van der Waals surface area contributed by atoms with Crippen LogP contribution in [0.1, 0.15) is 86.7 Å². The number of rotatable bonds is 14. The predicted octanol–water partition coefficient (Wildman–Crippen LogP) is 5.47. The largest absolute Gasteiger partial charge is 0.493 e. The number of carbonyl (C=O) groups is 3. The average Bonchev–Trinajstić information content (AvgIpc) is 2.90. The molecule has 9 nitrogen and oxygen atoms in total. The molecular weight excluding hydrogens is 512 g/mol. The lowest BCUT2D eigenvalue weighted by molar-refractivity contribution is -0.156. The molecule has 0 aliphatic heterocycles. The molecule has 2 aromatic carbocycles. The molecule has 3 rings (SSSR count). The van der Waals surface area contributed by atoms with Crippen LogP contribution in [0.25, 0.3) is 0 Å². The van der Waals surface area contributed by atoms with Crippen molar-refractivity contribution < 1.29 is 33.7 Å². The van der Waals surface area contributed by atoms with E-state index in [1.54, 1.807) is 11.0 Å². The SMILES string of the molecule is CCOc1c(C(C)=O)ccc([C@@H](C)N(CCO[C@@H](C)c2ccccc2)C(=O)NC2(C(=O)O)CC(OCC)C2)c1C. The van der Waals surface area contributed by atoms with Crippen LogP contribution in [0.2, 0.25) is 0 Å². The number of carbonyl (C=O) groups excluding carboxylic acids is 2. The standard InChI is InChI=1S/C31H42N2O7/c1-7-38-25-18-31(19-25,29(35)36)32-30(37)33(16-17-40-23(6)24-12-10-9-11-13-24)21(4)26-14-15-27(22(5)34)28(20(26)3)39-8-2/h9-15,21,23,25H,7-8,16-19H2,1-6H3,(H,32,37)(H,35,36)/t21-,23+,25?,31?/m1/s1. The Balaban J connectivity index is 1.88. The number of urea groups is 1. The zero-order valence-electron chi connectivity index (χ0n) is 24.4. The molecule has 218 valence electrons. The predicted molar refractivity (Wildman–Crippen MR) is 152 cm³/mol. The van der Waals surface area contributed by atoms with Gasteiger partial charge in [-0.25, -0.2) is 9.59 Å². The van der Waals surface area contributed by atoms with Gasteiger partial charge >= 0.3 is 12.0 Å². The maximum absolute atomic E-state index is 13.7. The number of carboxylic acid groups (broad SMARTS) is 1. The molecule has 0 aromatic heterocycles. The molecule has 40 heavy (non-hydrogen) atoms. The number of hydrogen-bond donors (Lipinski definition) is 2. The Kier molecular flexibility index (Phi) is 10.7. The Labute approximate surface area is 236 Å². The lowest BCUT2D eigenvalue weighted by atomic mass is 9.74. The molecule has 2 amide bonds. The van der Waals surface area contributed by atoms with Crippen LogP contribution in [0.15, 0.2) is 42.5 Å². The number of amides is 2. The maximum Gasteiger partial charge on any atom is 0.329 e. The maximum atomic E-state index is 13.7. The molecule has 1 aliphatic carbocycles.